The molecule has 71 heavy (non-hydrogen) atoms. The first-order valence-corrected chi connectivity index (χ1v) is 23.2. The molecule has 0 spiro atoms. The van der Waals surface area contributed by atoms with Gasteiger partial charge >= 0.3 is 0 Å². The number of nitrogens with zero attached hydrogens (tertiary/aromatic N) is 8. The van der Waals surface area contributed by atoms with Gasteiger partial charge in [-0.2, -0.15) is 5.26 Å². The van der Waals surface area contributed by atoms with Crippen LogP contribution in [0.5, 0.6) is 0 Å². The molecule has 0 amide bonds. The summed E-state index contributed by atoms with van der Waals surface area (Å²) in [5, 5.41) is 12.2. The van der Waals surface area contributed by atoms with Crippen molar-refractivity contribution < 1.29 is 0 Å². The molecule has 0 bridgehead atoms. The van der Waals surface area contributed by atoms with E-state index >= 15 is 0 Å². The van der Waals surface area contributed by atoms with E-state index in [2.05, 4.69) is 82.2 Å². The Morgan fingerprint density at radius 3 is 1.38 bits per heavy atom. The summed E-state index contributed by atoms with van der Waals surface area (Å²) in [6.07, 6.45) is 0. The van der Waals surface area contributed by atoms with Crippen LogP contribution in [0.3, 0.4) is 0 Å². The molecular formula is C63H38N8. The summed E-state index contributed by atoms with van der Waals surface area (Å²) in [7, 11) is 0. The van der Waals surface area contributed by atoms with Crippen molar-refractivity contribution in [3.63, 3.8) is 0 Å². The van der Waals surface area contributed by atoms with Crippen molar-refractivity contribution in [3.05, 3.63) is 248 Å². The minimum Gasteiger partial charge on any atom is -0.308 e. The predicted octanol–water partition coefficient (Wildman–Crippen LogP) is 15.5. The Labute approximate surface area is 410 Å². The third-order valence-electron chi connectivity index (χ3n) is 12.8. The van der Waals surface area contributed by atoms with Crippen molar-refractivity contribution in [1.82, 2.24) is 29.5 Å². The third kappa shape index (κ3) is 7.94. The maximum atomic E-state index is 10.2. The summed E-state index contributed by atoms with van der Waals surface area (Å²) < 4.78 is 2.27. The van der Waals surface area contributed by atoms with Crippen LogP contribution in [0.25, 0.3) is 123 Å². The fourth-order valence-corrected chi connectivity index (χ4v) is 9.33. The van der Waals surface area contributed by atoms with E-state index in [1.165, 1.54) is 0 Å². The largest absolute Gasteiger partial charge is 0.308 e. The third-order valence-corrected chi connectivity index (χ3v) is 12.8. The smallest absolute Gasteiger partial charge is 0.194 e. The Kier molecular flexibility index (Phi) is 10.8. The standard InChI is InChI=1S/C63H38N8/c1-65-54-29-17-16-28-50(54)46-31-34-58-52(37-46)51-36-45(49-27-15-14-26-48(49)40-64)30-33-57(51)71(58)59-35-32-47(56-39-55(41-18-6-2-7-19-41)66-60(67-56)42-20-8-3-9-21-42)38-53(59)63-69-61(43-22-10-4-11-23-43)68-62(70-63)44-24-12-5-13-25-44/h2-39H. The van der Waals surface area contributed by atoms with E-state index in [0.29, 0.717) is 34.5 Å². The highest BCUT2D eigenvalue weighted by atomic mass is 15.1. The minimum atomic E-state index is 0.479. The summed E-state index contributed by atoms with van der Waals surface area (Å²) in [5.41, 5.74) is 14.1. The van der Waals surface area contributed by atoms with Gasteiger partial charge in [0.15, 0.2) is 29.0 Å². The second-order valence-corrected chi connectivity index (χ2v) is 17.0. The van der Waals surface area contributed by atoms with E-state index in [9.17, 15) is 5.26 Å². The lowest BCUT2D eigenvalue weighted by Gasteiger charge is -2.17. The molecule has 3 aromatic heterocycles. The van der Waals surface area contributed by atoms with Crippen molar-refractivity contribution >= 4 is 27.5 Å². The van der Waals surface area contributed by atoms with Crippen molar-refractivity contribution in [3.8, 4) is 102 Å². The first-order valence-electron chi connectivity index (χ1n) is 23.2. The van der Waals surface area contributed by atoms with Crippen molar-refractivity contribution in [2.45, 2.75) is 0 Å². The predicted molar refractivity (Wildman–Crippen MR) is 284 cm³/mol. The van der Waals surface area contributed by atoms with Crippen LogP contribution in [0.15, 0.2) is 231 Å². The maximum absolute atomic E-state index is 10.2. The maximum Gasteiger partial charge on any atom is 0.194 e. The average Bonchev–Trinajstić information content (AvgIpc) is 3.78. The lowest BCUT2D eigenvalue weighted by atomic mass is 9.97. The van der Waals surface area contributed by atoms with E-state index in [4.69, 9.17) is 31.5 Å². The van der Waals surface area contributed by atoms with E-state index in [1.54, 1.807) is 0 Å². The molecule has 0 N–H and O–H groups in total. The zero-order valence-electron chi connectivity index (χ0n) is 38.0. The second kappa shape index (κ2) is 18.2. The quantitative estimate of drug-likeness (QED) is 0.134. The molecule has 0 unspecified atom stereocenters. The van der Waals surface area contributed by atoms with Crippen LogP contribution in [0, 0.1) is 17.9 Å². The SMILES string of the molecule is [C-]#[N+]c1ccccc1-c1ccc2c(c1)c1cc(-c3ccccc3C#N)ccc1n2-c1ccc(-c2cc(-c3ccccc3)nc(-c3ccccc3)n2)cc1-c1nc(-c2ccccc2)nc(-c2ccccc2)n1. The number of hydrogen-bond donors (Lipinski definition) is 0. The molecule has 0 aliphatic carbocycles. The molecule has 8 nitrogen and oxygen atoms in total. The van der Waals surface area contributed by atoms with Crippen LogP contribution >= 0.6 is 0 Å². The summed E-state index contributed by atoms with van der Waals surface area (Å²) in [5.74, 6) is 2.16. The zero-order chi connectivity index (χ0) is 47.7. The second-order valence-electron chi connectivity index (χ2n) is 17.0. The van der Waals surface area contributed by atoms with Gasteiger partial charge in [-0.05, 0) is 70.8 Å². The fourth-order valence-electron chi connectivity index (χ4n) is 9.33. The zero-order valence-corrected chi connectivity index (χ0v) is 38.0. The molecule has 8 heteroatoms. The normalized spacial score (nSPS) is 11.1. The summed E-state index contributed by atoms with van der Waals surface area (Å²) in [4.78, 5) is 29.9. The van der Waals surface area contributed by atoms with Gasteiger partial charge in [0.05, 0.1) is 46.3 Å². The number of fused-ring (bicyclic) bond motifs is 3. The minimum absolute atomic E-state index is 0.479. The van der Waals surface area contributed by atoms with Gasteiger partial charge in [-0.3, -0.25) is 0 Å². The molecule has 9 aromatic carbocycles. The van der Waals surface area contributed by atoms with Crippen LogP contribution in [0.4, 0.5) is 5.69 Å². The van der Waals surface area contributed by atoms with E-state index in [0.717, 1.165) is 94.5 Å². The number of rotatable bonds is 9. The molecule has 12 aromatic rings. The van der Waals surface area contributed by atoms with Gasteiger partial charge in [0.1, 0.15) is 0 Å². The first-order chi connectivity index (χ1) is 35.1. The van der Waals surface area contributed by atoms with Gasteiger partial charge in [0.25, 0.3) is 0 Å². The Bertz CT molecular complexity index is 3830. The van der Waals surface area contributed by atoms with Crippen LogP contribution in [-0.2, 0) is 0 Å². The van der Waals surface area contributed by atoms with Gasteiger partial charge in [0, 0.05) is 44.2 Å². The molecule has 12 rings (SSSR count). The Morgan fingerprint density at radius 2 is 0.817 bits per heavy atom. The van der Waals surface area contributed by atoms with Crippen molar-refractivity contribution in [2.75, 3.05) is 0 Å². The molecule has 0 aliphatic heterocycles. The van der Waals surface area contributed by atoms with Crippen LogP contribution < -0.4 is 0 Å². The van der Waals surface area contributed by atoms with Crippen LogP contribution in [0.1, 0.15) is 5.56 Å². The number of nitriles is 1. The molecule has 0 fully saturated rings. The van der Waals surface area contributed by atoms with Crippen LogP contribution in [0.2, 0.25) is 0 Å². The molecular weight excluding hydrogens is 869 g/mol. The molecule has 3 heterocycles. The monoisotopic (exact) mass is 906 g/mol. The van der Waals surface area contributed by atoms with Crippen molar-refractivity contribution in [1.29, 1.82) is 5.26 Å². The van der Waals surface area contributed by atoms with E-state index in [-0.39, 0.29) is 0 Å². The number of aromatic nitrogens is 6. The highest BCUT2D eigenvalue weighted by Gasteiger charge is 2.23. The molecule has 0 aliphatic rings. The van der Waals surface area contributed by atoms with Crippen molar-refractivity contribution in [2.24, 2.45) is 0 Å². The summed E-state index contributed by atoms with van der Waals surface area (Å²) >= 11 is 0. The topological polar surface area (TPSA) is 97.5 Å². The first kappa shape index (κ1) is 42.2. The highest BCUT2D eigenvalue weighted by molar-refractivity contribution is 6.12. The highest BCUT2D eigenvalue weighted by Crippen LogP contribution is 2.42. The Balaban J connectivity index is 1.16. The van der Waals surface area contributed by atoms with Gasteiger partial charge in [-0.25, -0.2) is 29.8 Å². The summed E-state index contributed by atoms with van der Waals surface area (Å²) in [6.45, 7) is 8.01. The average molecular weight is 907 g/mol. The molecule has 330 valence electrons. The number of para-hydroxylation sites is 1. The number of hydrogen-bond acceptors (Lipinski definition) is 6. The lowest BCUT2D eigenvalue weighted by Crippen LogP contribution is -2.04. The molecule has 0 radical (unpaired) electrons. The lowest BCUT2D eigenvalue weighted by molar-refractivity contribution is 1.06. The van der Waals surface area contributed by atoms with E-state index in [1.807, 2.05) is 164 Å². The number of benzene rings is 9. The van der Waals surface area contributed by atoms with Gasteiger partial charge in [-0.15, -0.1) is 0 Å². The van der Waals surface area contributed by atoms with Gasteiger partial charge < -0.3 is 4.57 Å². The molecule has 0 atom stereocenters. The molecule has 0 saturated carbocycles. The van der Waals surface area contributed by atoms with Gasteiger partial charge in [0.2, 0.25) is 0 Å². The summed E-state index contributed by atoms with van der Waals surface area (Å²) in [6, 6.07) is 79.2. The fraction of sp³-hybridized carbons (Fsp3) is 0. The van der Waals surface area contributed by atoms with Gasteiger partial charge in [-0.1, -0.05) is 182 Å². The Morgan fingerprint density at radius 1 is 0.366 bits per heavy atom. The van der Waals surface area contributed by atoms with Crippen LogP contribution in [-0.4, -0.2) is 29.5 Å². The van der Waals surface area contributed by atoms with E-state index < -0.39 is 0 Å². The molecule has 0 saturated heterocycles. The Hall–Kier alpha value is -10.2.